The lowest BCUT2D eigenvalue weighted by atomic mass is 10.1. The van der Waals surface area contributed by atoms with Crippen molar-refractivity contribution in [3.8, 4) is 5.75 Å². The minimum atomic E-state index is -0.582. The van der Waals surface area contributed by atoms with Gasteiger partial charge in [-0.15, -0.1) is 0 Å². The summed E-state index contributed by atoms with van der Waals surface area (Å²) in [6.45, 7) is 6.28. The molecule has 1 aromatic carbocycles. The van der Waals surface area contributed by atoms with Gasteiger partial charge in [0.25, 0.3) is 5.56 Å². The quantitative estimate of drug-likeness (QED) is 0.883. The van der Waals surface area contributed by atoms with Gasteiger partial charge in [-0.05, 0) is 42.7 Å². The minimum Gasteiger partial charge on any atom is -0.491 e. The Morgan fingerprint density at radius 2 is 1.96 bits per heavy atom. The zero-order valence-corrected chi connectivity index (χ0v) is 15.0. The fraction of sp³-hybridized carbons (Fsp3) is 0.474. The van der Waals surface area contributed by atoms with Crippen molar-refractivity contribution in [2.24, 2.45) is 7.05 Å². The van der Waals surface area contributed by atoms with E-state index in [9.17, 15) is 9.90 Å². The van der Waals surface area contributed by atoms with Gasteiger partial charge in [-0.25, -0.2) is 4.68 Å². The number of hydrogen-bond acceptors (Lipinski definition) is 5. The van der Waals surface area contributed by atoms with Crippen LogP contribution in [0.3, 0.4) is 0 Å². The number of aromatic nitrogens is 2. The average Bonchev–Trinajstić information content (AvgIpc) is 2.53. The highest BCUT2D eigenvalue weighted by Gasteiger charge is 2.21. The first-order valence-electron chi connectivity index (χ1n) is 8.58. The topological polar surface area (TPSA) is 67.6 Å². The molecule has 1 unspecified atom stereocenters. The Morgan fingerprint density at radius 1 is 1.24 bits per heavy atom. The monoisotopic (exact) mass is 343 g/mol. The van der Waals surface area contributed by atoms with Gasteiger partial charge in [-0.1, -0.05) is 6.07 Å². The lowest BCUT2D eigenvalue weighted by Gasteiger charge is -2.29. The molecule has 2 aromatic rings. The molecular formula is C19H25N3O3. The number of nitrogens with zero attached hydrogens (tertiary/aromatic N) is 3. The number of aryl methyl sites for hydroxylation is 3. The Labute approximate surface area is 147 Å². The van der Waals surface area contributed by atoms with Crippen LogP contribution in [0.1, 0.15) is 22.4 Å². The summed E-state index contributed by atoms with van der Waals surface area (Å²) < 4.78 is 7.11. The van der Waals surface area contributed by atoms with Gasteiger partial charge in [0, 0.05) is 39.2 Å². The third-order valence-corrected chi connectivity index (χ3v) is 4.42. The van der Waals surface area contributed by atoms with Crippen molar-refractivity contribution < 1.29 is 9.84 Å². The third kappa shape index (κ3) is 4.46. The molecule has 1 atom stereocenters. The van der Waals surface area contributed by atoms with Gasteiger partial charge in [0.15, 0.2) is 0 Å². The maximum Gasteiger partial charge on any atom is 0.266 e. The van der Waals surface area contributed by atoms with E-state index in [2.05, 4.69) is 16.1 Å². The number of hydrogen-bond donors (Lipinski definition) is 1. The number of ether oxygens (including phenoxy) is 1. The molecule has 6 heteroatoms. The number of benzene rings is 1. The second-order valence-electron chi connectivity index (χ2n) is 6.85. The second-order valence-corrected chi connectivity index (χ2v) is 6.85. The highest BCUT2D eigenvalue weighted by atomic mass is 16.5. The van der Waals surface area contributed by atoms with Crippen LogP contribution in [0.15, 0.2) is 29.1 Å². The van der Waals surface area contributed by atoms with E-state index in [1.165, 1.54) is 4.68 Å². The zero-order chi connectivity index (χ0) is 18.0. The molecule has 1 aromatic heterocycles. The summed E-state index contributed by atoms with van der Waals surface area (Å²) in [4.78, 5) is 13.9. The van der Waals surface area contributed by atoms with Crippen LogP contribution in [0.5, 0.6) is 5.75 Å². The molecule has 0 spiro atoms. The van der Waals surface area contributed by atoms with E-state index < -0.39 is 6.10 Å². The summed E-state index contributed by atoms with van der Waals surface area (Å²) in [5.41, 5.74) is 4.12. The van der Waals surface area contributed by atoms with E-state index in [1.807, 2.05) is 26.0 Å². The van der Waals surface area contributed by atoms with Crippen molar-refractivity contribution in [3.05, 3.63) is 57.0 Å². The van der Waals surface area contributed by atoms with Gasteiger partial charge in [0.05, 0.1) is 5.69 Å². The highest BCUT2D eigenvalue weighted by molar-refractivity contribution is 5.33. The second kappa shape index (κ2) is 7.37. The van der Waals surface area contributed by atoms with Crippen LogP contribution in [-0.2, 0) is 20.0 Å². The van der Waals surface area contributed by atoms with Gasteiger partial charge in [-0.3, -0.25) is 9.69 Å². The van der Waals surface area contributed by atoms with Crippen LogP contribution in [0.4, 0.5) is 0 Å². The molecule has 2 heterocycles. The molecule has 0 aliphatic carbocycles. The highest BCUT2D eigenvalue weighted by Crippen LogP contribution is 2.18. The van der Waals surface area contributed by atoms with Crippen LogP contribution in [0, 0.1) is 13.8 Å². The van der Waals surface area contributed by atoms with Gasteiger partial charge >= 0.3 is 0 Å². The molecule has 0 amide bonds. The van der Waals surface area contributed by atoms with E-state index >= 15 is 0 Å². The maximum atomic E-state index is 11.7. The van der Waals surface area contributed by atoms with Crippen LogP contribution in [0.25, 0.3) is 0 Å². The largest absolute Gasteiger partial charge is 0.491 e. The van der Waals surface area contributed by atoms with Crippen molar-refractivity contribution in [2.45, 2.75) is 32.9 Å². The Kier molecular flexibility index (Phi) is 5.20. The smallest absolute Gasteiger partial charge is 0.266 e. The van der Waals surface area contributed by atoms with Gasteiger partial charge in [0.2, 0.25) is 0 Å². The molecule has 0 fully saturated rings. The molecular weight excluding hydrogens is 318 g/mol. The fourth-order valence-corrected chi connectivity index (χ4v) is 3.27. The first kappa shape index (κ1) is 17.6. The molecule has 0 radical (unpaired) electrons. The fourth-order valence-electron chi connectivity index (χ4n) is 3.27. The normalized spacial score (nSPS) is 15.7. The first-order chi connectivity index (χ1) is 11.9. The van der Waals surface area contributed by atoms with Gasteiger partial charge in [-0.2, -0.15) is 5.10 Å². The van der Waals surface area contributed by atoms with Gasteiger partial charge < -0.3 is 9.84 Å². The lowest BCUT2D eigenvalue weighted by Crippen LogP contribution is -2.40. The van der Waals surface area contributed by atoms with E-state index in [4.69, 9.17) is 4.74 Å². The molecule has 3 rings (SSSR count). The molecule has 134 valence electrons. The molecule has 1 N–H and O–H groups in total. The van der Waals surface area contributed by atoms with Crippen LogP contribution in [0.2, 0.25) is 0 Å². The SMILES string of the molecule is Cc1cc(C)cc(OCC(O)CN2CCc3nn(C)c(=O)cc3C2)c1. The lowest BCUT2D eigenvalue weighted by molar-refractivity contribution is 0.0633. The van der Waals surface area contributed by atoms with Crippen molar-refractivity contribution in [1.82, 2.24) is 14.7 Å². The Balaban J connectivity index is 1.55. The molecule has 0 bridgehead atoms. The number of fused-ring (bicyclic) bond motifs is 1. The predicted molar refractivity (Wildman–Crippen MR) is 95.9 cm³/mol. The van der Waals surface area contributed by atoms with Crippen molar-refractivity contribution >= 4 is 0 Å². The Hall–Kier alpha value is -2.18. The van der Waals surface area contributed by atoms with Crippen molar-refractivity contribution in [3.63, 3.8) is 0 Å². The molecule has 25 heavy (non-hydrogen) atoms. The van der Waals surface area contributed by atoms with Crippen LogP contribution in [-0.4, -0.2) is 45.6 Å². The summed E-state index contributed by atoms with van der Waals surface area (Å²) in [7, 11) is 1.67. The summed E-state index contributed by atoms with van der Waals surface area (Å²) in [5.74, 6) is 0.785. The maximum absolute atomic E-state index is 11.7. The standard InChI is InChI=1S/C19H25N3O3/c1-13-6-14(2)8-17(7-13)25-12-16(23)11-22-5-4-18-15(10-22)9-19(24)21(3)20-18/h6-9,16,23H,4-5,10-12H2,1-3H3. The van der Waals surface area contributed by atoms with Crippen LogP contribution < -0.4 is 10.3 Å². The van der Waals surface area contributed by atoms with E-state index in [1.54, 1.807) is 13.1 Å². The van der Waals surface area contributed by atoms with E-state index in [0.717, 1.165) is 41.1 Å². The first-order valence-corrected chi connectivity index (χ1v) is 8.58. The predicted octanol–water partition coefficient (Wildman–Crippen LogP) is 1.20. The number of β-amino-alcohol motifs (C(OH)–C–C–N with tert-alkyl or cyclic N) is 1. The minimum absolute atomic E-state index is 0.0979. The number of rotatable bonds is 5. The van der Waals surface area contributed by atoms with Crippen molar-refractivity contribution in [2.75, 3.05) is 19.7 Å². The molecule has 1 aliphatic heterocycles. The van der Waals surface area contributed by atoms with E-state index in [0.29, 0.717) is 13.1 Å². The molecule has 0 saturated heterocycles. The van der Waals surface area contributed by atoms with Crippen molar-refractivity contribution in [1.29, 1.82) is 0 Å². The summed E-state index contributed by atoms with van der Waals surface area (Å²) in [6.07, 6.45) is 0.204. The number of aliphatic hydroxyl groups is 1. The third-order valence-electron chi connectivity index (χ3n) is 4.42. The average molecular weight is 343 g/mol. The van der Waals surface area contributed by atoms with Crippen LogP contribution >= 0.6 is 0 Å². The summed E-state index contributed by atoms with van der Waals surface area (Å²) >= 11 is 0. The van der Waals surface area contributed by atoms with E-state index in [-0.39, 0.29) is 12.2 Å². The number of aliphatic hydroxyl groups excluding tert-OH is 1. The molecule has 1 aliphatic rings. The zero-order valence-electron chi connectivity index (χ0n) is 15.0. The Bertz CT molecular complexity index is 796. The van der Waals surface area contributed by atoms with Gasteiger partial charge in [0.1, 0.15) is 18.5 Å². The Morgan fingerprint density at radius 3 is 2.68 bits per heavy atom. The molecule has 0 saturated carbocycles. The molecule has 6 nitrogen and oxygen atoms in total. The summed E-state index contributed by atoms with van der Waals surface area (Å²) in [6, 6.07) is 7.68. The summed E-state index contributed by atoms with van der Waals surface area (Å²) in [5, 5.41) is 14.6.